The standard InChI is InChI=1S/C22H32N2/c1-2-3-4-5-6-13-24-14-10-19(11-15-24)16-20-7-8-22-18-23-12-9-21(22)17-20/h7-9,12,17-19H,2-6,10-11,13-16H2,1H3. The normalized spacial score (nSPS) is 16.7. The van der Waals surface area contributed by atoms with E-state index >= 15 is 0 Å². The Kier molecular flexibility index (Phi) is 6.66. The molecule has 0 bridgehead atoms. The van der Waals surface area contributed by atoms with Gasteiger partial charge in [-0.3, -0.25) is 4.98 Å². The molecule has 1 saturated heterocycles. The Morgan fingerprint density at radius 1 is 1.00 bits per heavy atom. The molecule has 0 atom stereocenters. The smallest absolute Gasteiger partial charge is 0.0346 e. The summed E-state index contributed by atoms with van der Waals surface area (Å²) in [5, 5.41) is 2.58. The van der Waals surface area contributed by atoms with Crippen molar-refractivity contribution in [1.82, 2.24) is 9.88 Å². The Balaban J connectivity index is 1.41. The van der Waals surface area contributed by atoms with Crippen LogP contribution in [0.25, 0.3) is 10.8 Å². The van der Waals surface area contributed by atoms with Crippen LogP contribution in [0.5, 0.6) is 0 Å². The molecule has 0 spiro atoms. The van der Waals surface area contributed by atoms with Gasteiger partial charge in [0, 0.05) is 17.8 Å². The summed E-state index contributed by atoms with van der Waals surface area (Å²) < 4.78 is 0. The zero-order valence-electron chi connectivity index (χ0n) is 15.2. The van der Waals surface area contributed by atoms with E-state index < -0.39 is 0 Å². The second kappa shape index (κ2) is 9.17. The molecule has 0 radical (unpaired) electrons. The molecule has 0 aliphatic carbocycles. The van der Waals surface area contributed by atoms with E-state index in [0.29, 0.717) is 0 Å². The van der Waals surface area contributed by atoms with E-state index in [-0.39, 0.29) is 0 Å². The molecule has 24 heavy (non-hydrogen) atoms. The molecule has 0 N–H and O–H groups in total. The molecular formula is C22H32N2. The predicted molar refractivity (Wildman–Crippen MR) is 103 cm³/mol. The highest BCUT2D eigenvalue weighted by Crippen LogP contribution is 2.24. The number of hydrogen-bond acceptors (Lipinski definition) is 2. The second-order valence-corrected chi connectivity index (χ2v) is 7.46. The van der Waals surface area contributed by atoms with Crippen LogP contribution in [0.4, 0.5) is 0 Å². The maximum Gasteiger partial charge on any atom is 0.0346 e. The fraction of sp³-hybridized carbons (Fsp3) is 0.591. The van der Waals surface area contributed by atoms with Crippen molar-refractivity contribution in [3.05, 3.63) is 42.2 Å². The summed E-state index contributed by atoms with van der Waals surface area (Å²) in [4.78, 5) is 6.89. The Labute approximate surface area is 147 Å². The lowest BCUT2D eigenvalue weighted by molar-refractivity contribution is 0.181. The van der Waals surface area contributed by atoms with Gasteiger partial charge in [-0.2, -0.15) is 0 Å². The number of hydrogen-bond donors (Lipinski definition) is 0. The Morgan fingerprint density at radius 3 is 2.67 bits per heavy atom. The lowest BCUT2D eigenvalue weighted by Gasteiger charge is -2.32. The van der Waals surface area contributed by atoms with Gasteiger partial charge >= 0.3 is 0 Å². The minimum Gasteiger partial charge on any atom is -0.303 e. The number of unbranched alkanes of at least 4 members (excludes halogenated alkanes) is 4. The van der Waals surface area contributed by atoms with Gasteiger partial charge in [0.2, 0.25) is 0 Å². The molecule has 1 aliphatic heterocycles. The fourth-order valence-electron chi connectivity index (χ4n) is 3.95. The van der Waals surface area contributed by atoms with Gasteiger partial charge in [-0.1, -0.05) is 50.8 Å². The molecule has 0 saturated carbocycles. The van der Waals surface area contributed by atoms with Crippen LogP contribution in [0, 0.1) is 5.92 Å². The summed E-state index contributed by atoms with van der Waals surface area (Å²) in [5.74, 6) is 0.862. The third-order valence-corrected chi connectivity index (χ3v) is 5.51. The monoisotopic (exact) mass is 324 g/mol. The first-order valence-corrected chi connectivity index (χ1v) is 9.90. The van der Waals surface area contributed by atoms with Crippen molar-refractivity contribution in [2.75, 3.05) is 19.6 Å². The maximum atomic E-state index is 4.20. The fourth-order valence-corrected chi connectivity index (χ4v) is 3.95. The highest BCUT2D eigenvalue weighted by atomic mass is 15.1. The Bertz CT molecular complexity index is 614. The SMILES string of the molecule is CCCCCCCN1CCC(Cc2ccc3cnccc3c2)CC1. The summed E-state index contributed by atoms with van der Waals surface area (Å²) in [5.41, 5.74) is 1.49. The largest absolute Gasteiger partial charge is 0.303 e. The van der Waals surface area contributed by atoms with Crippen molar-refractivity contribution in [2.24, 2.45) is 5.92 Å². The average Bonchev–Trinajstić information content (AvgIpc) is 2.63. The molecule has 1 aliphatic rings. The molecular weight excluding hydrogens is 292 g/mol. The highest BCUT2D eigenvalue weighted by molar-refractivity contribution is 5.81. The summed E-state index contributed by atoms with van der Waals surface area (Å²) in [6.07, 6.45) is 14.8. The van der Waals surface area contributed by atoms with Gasteiger partial charge in [0.15, 0.2) is 0 Å². The quantitative estimate of drug-likeness (QED) is 0.599. The van der Waals surface area contributed by atoms with Crippen molar-refractivity contribution in [1.29, 1.82) is 0 Å². The molecule has 1 aromatic heterocycles. The van der Waals surface area contributed by atoms with Crippen molar-refractivity contribution in [3.8, 4) is 0 Å². The van der Waals surface area contributed by atoms with Gasteiger partial charge in [0.05, 0.1) is 0 Å². The van der Waals surface area contributed by atoms with Crippen LogP contribution in [0.2, 0.25) is 0 Å². The van der Waals surface area contributed by atoms with Gasteiger partial charge in [-0.15, -0.1) is 0 Å². The third kappa shape index (κ3) is 5.04. The number of piperidine rings is 1. The lowest BCUT2D eigenvalue weighted by Crippen LogP contribution is -2.35. The van der Waals surface area contributed by atoms with E-state index in [4.69, 9.17) is 0 Å². The van der Waals surface area contributed by atoms with E-state index in [1.165, 1.54) is 87.3 Å². The number of benzene rings is 1. The zero-order chi connectivity index (χ0) is 16.6. The molecule has 2 nitrogen and oxygen atoms in total. The Morgan fingerprint density at radius 2 is 1.83 bits per heavy atom. The second-order valence-electron chi connectivity index (χ2n) is 7.46. The number of nitrogens with zero attached hydrogens (tertiary/aromatic N) is 2. The predicted octanol–water partition coefficient (Wildman–Crippen LogP) is 5.46. The number of aromatic nitrogens is 1. The number of fused-ring (bicyclic) bond motifs is 1. The molecule has 2 aromatic rings. The lowest BCUT2D eigenvalue weighted by atomic mass is 9.89. The minimum atomic E-state index is 0.862. The molecule has 0 unspecified atom stereocenters. The molecule has 0 amide bonds. The third-order valence-electron chi connectivity index (χ3n) is 5.51. The summed E-state index contributed by atoms with van der Waals surface area (Å²) >= 11 is 0. The van der Waals surface area contributed by atoms with E-state index in [0.717, 1.165) is 5.92 Å². The van der Waals surface area contributed by atoms with Gasteiger partial charge in [0.1, 0.15) is 0 Å². The van der Waals surface area contributed by atoms with Gasteiger partial charge in [0.25, 0.3) is 0 Å². The summed E-state index contributed by atoms with van der Waals surface area (Å²) in [6.45, 7) is 6.21. The molecule has 2 heteroatoms. The Hall–Kier alpha value is -1.41. The zero-order valence-corrected chi connectivity index (χ0v) is 15.2. The average molecular weight is 325 g/mol. The minimum absolute atomic E-state index is 0.862. The van der Waals surface area contributed by atoms with Crippen molar-refractivity contribution in [3.63, 3.8) is 0 Å². The summed E-state index contributed by atoms with van der Waals surface area (Å²) in [7, 11) is 0. The van der Waals surface area contributed by atoms with Crippen LogP contribution in [-0.4, -0.2) is 29.5 Å². The van der Waals surface area contributed by atoms with Gasteiger partial charge in [-0.25, -0.2) is 0 Å². The van der Waals surface area contributed by atoms with E-state index in [9.17, 15) is 0 Å². The van der Waals surface area contributed by atoms with Gasteiger partial charge < -0.3 is 4.90 Å². The topological polar surface area (TPSA) is 16.1 Å². The molecule has 1 fully saturated rings. The van der Waals surface area contributed by atoms with Crippen LogP contribution < -0.4 is 0 Å². The number of likely N-dealkylation sites (tertiary alicyclic amines) is 1. The van der Waals surface area contributed by atoms with Crippen LogP contribution in [0.1, 0.15) is 57.4 Å². The van der Waals surface area contributed by atoms with E-state index in [2.05, 4.69) is 41.1 Å². The molecule has 130 valence electrons. The highest BCUT2D eigenvalue weighted by Gasteiger charge is 2.19. The first kappa shape index (κ1) is 17.4. The van der Waals surface area contributed by atoms with Crippen molar-refractivity contribution in [2.45, 2.75) is 58.3 Å². The van der Waals surface area contributed by atoms with E-state index in [1.54, 1.807) is 0 Å². The van der Waals surface area contributed by atoms with Crippen LogP contribution in [0.15, 0.2) is 36.7 Å². The first-order chi connectivity index (χ1) is 11.8. The van der Waals surface area contributed by atoms with Gasteiger partial charge in [-0.05, 0) is 68.3 Å². The van der Waals surface area contributed by atoms with E-state index in [1.807, 2.05) is 12.4 Å². The molecule has 3 rings (SSSR count). The number of pyridine rings is 1. The van der Waals surface area contributed by atoms with Crippen molar-refractivity contribution < 1.29 is 0 Å². The van der Waals surface area contributed by atoms with Crippen LogP contribution in [-0.2, 0) is 6.42 Å². The summed E-state index contributed by atoms with van der Waals surface area (Å²) in [6, 6.07) is 9.00. The first-order valence-electron chi connectivity index (χ1n) is 9.90. The van der Waals surface area contributed by atoms with Crippen LogP contribution >= 0.6 is 0 Å². The van der Waals surface area contributed by atoms with Crippen molar-refractivity contribution >= 4 is 10.8 Å². The maximum absolute atomic E-state index is 4.20. The molecule has 2 heterocycles. The molecule has 1 aromatic carbocycles. The van der Waals surface area contributed by atoms with Crippen LogP contribution in [0.3, 0.4) is 0 Å². The number of rotatable bonds is 8.